The van der Waals surface area contributed by atoms with Crippen LogP contribution in [0, 0.1) is 6.58 Å². The van der Waals surface area contributed by atoms with Gasteiger partial charge in [0.05, 0.1) is 10.2 Å². The number of aromatic nitrogens is 1. The lowest BCUT2D eigenvalue weighted by atomic mass is 10.3. The van der Waals surface area contributed by atoms with E-state index >= 15 is 0 Å². The van der Waals surface area contributed by atoms with Gasteiger partial charge in [0.15, 0.2) is 0 Å². The summed E-state index contributed by atoms with van der Waals surface area (Å²) in [7, 11) is 0. The molecule has 0 aliphatic heterocycles. The summed E-state index contributed by atoms with van der Waals surface area (Å²) in [5, 5.41) is 0.989. The summed E-state index contributed by atoms with van der Waals surface area (Å²) in [6, 6.07) is 8.08. The Morgan fingerprint density at radius 3 is 2.92 bits per heavy atom. The van der Waals surface area contributed by atoms with E-state index in [1.807, 2.05) is 24.3 Å². The number of thiazole rings is 1. The van der Waals surface area contributed by atoms with Crippen LogP contribution in [0.1, 0.15) is 5.01 Å². The minimum Gasteiger partial charge on any atom is -0.237 e. The summed E-state index contributed by atoms with van der Waals surface area (Å²) < 4.78 is 1.21. The smallest absolute Gasteiger partial charge is 0.117 e. The van der Waals surface area contributed by atoms with Crippen molar-refractivity contribution in [2.75, 3.05) is 0 Å². The van der Waals surface area contributed by atoms with Crippen LogP contribution in [-0.2, 0) is 0 Å². The minimum atomic E-state index is 0.989. The molecule has 1 aromatic heterocycles. The number of hydrogen-bond donors (Lipinski definition) is 0. The molecule has 0 saturated carbocycles. The highest BCUT2D eigenvalue weighted by Crippen LogP contribution is 2.22. The standard InChI is InChI=1S/C11H8NS/c1-2-3-8-11-12-9-6-4-5-7-10(9)13-11/h1-8H. The molecule has 63 valence electrons. The Morgan fingerprint density at radius 2 is 2.15 bits per heavy atom. The average Bonchev–Trinajstić information content (AvgIpc) is 2.57. The van der Waals surface area contributed by atoms with Gasteiger partial charge in [0.25, 0.3) is 0 Å². The molecule has 0 aliphatic carbocycles. The van der Waals surface area contributed by atoms with Crippen LogP contribution >= 0.6 is 11.3 Å². The molecular weight excluding hydrogens is 178 g/mol. The SMILES string of the molecule is [CH]=CC=Cc1nc2ccccc2s1. The number of fused-ring (bicyclic) bond motifs is 1. The normalized spacial score (nSPS) is 11.1. The highest BCUT2D eigenvalue weighted by atomic mass is 32.1. The van der Waals surface area contributed by atoms with Gasteiger partial charge in [-0.2, -0.15) is 0 Å². The first-order valence-corrected chi connectivity index (χ1v) is 4.79. The lowest BCUT2D eigenvalue weighted by Crippen LogP contribution is -1.66. The molecule has 1 radical (unpaired) electrons. The third-order valence-corrected chi connectivity index (χ3v) is 2.66. The van der Waals surface area contributed by atoms with Gasteiger partial charge in [0, 0.05) is 0 Å². The van der Waals surface area contributed by atoms with Crippen molar-refractivity contribution in [1.82, 2.24) is 4.98 Å². The Morgan fingerprint density at radius 1 is 1.31 bits per heavy atom. The first-order chi connectivity index (χ1) is 6.40. The van der Waals surface area contributed by atoms with Gasteiger partial charge in [0.2, 0.25) is 0 Å². The molecule has 0 amide bonds. The molecule has 13 heavy (non-hydrogen) atoms. The van der Waals surface area contributed by atoms with E-state index in [-0.39, 0.29) is 0 Å². The minimum absolute atomic E-state index is 0.989. The summed E-state index contributed by atoms with van der Waals surface area (Å²) >= 11 is 1.66. The maximum absolute atomic E-state index is 5.24. The molecule has 0 N–H and O–H groups in total. The summed E-state index contributed by atoms with van der Waals surface area (Å²) in [6.45, 7) is 5.24. The lowest BCUT2D eigenvalue weighted by molar-refractivity contribution is 1.46. The van der Waals surface area contributed by atoms with Crippen LogP contribution < -0.4 is 0 Å². The molecular formula is C11H8NS. The van der Waals surface area contributed by atoms with Crippen molar-refractivity contribution in [2.45, 2.75) is 0 Å². The number of para-hydroxylation sites is 1. The molecule has 1 aromatic carbocycles. The molecule has 0 unspecified atom stereocenters. The zero-order valence-corrected chi connectivity index (χ0v) is 7.79. The zero-order valence-electron chi connectivity index (χ0n) is 6.97. The summed E-state index contributed by atoms with van der Waals surface area (Å²) in [5.41, 5.74) is 1.05. The number of rotatable bonds is 2. The first-order valence-electron chi connectivity index (χ1n) is 3.97. The zero-order chi connectivity index (χ0) is 9.10. The van der Waals surface area contributed by atoms with E-state index in [0.717, 1.165) is 10.5 Å². The van der Waals surface area contributed by atoms with E-state index in [4.69, 9.17) is 6.58 Å². The van der Waals surface area contributed by atoms with E-state index in [2.05, 4.69) is 11.1 Å². The lowest BCUT2D eigenvalue weighted by Gasteiger charge is -1.80. The Labute approximate surface area is 81.1 Å². The first kappa shape index (κ1) is 8.20. The molecule has 0 saturated heterocycles. The van der Waals surface area contributed by atoms with E-state index in [9.17, 15) is 0 Å². The Bertz CT molecular complexity index is 421. The topological polar surface area (TPSA) is 12.9 Å². The molecule has 0 bridgehead atoms. The number of hydrogen-bond acceptors (Lipinski definition) is 2. The van der Waals surface area contributed by atoms with Crippen molar-refractivity contribution in [3.63, 3.8) is 0 Å². The fourth-order valence-corrected chi connectivity index (χ4v) is 1.98. The second kappa shape index (κ2) is 3.54. The van der Waals surface area contributed by atoms with Crippen LogP contribution in [0.3, 0.4) is 0 Å². The van der Waals surface area contributed by atoms with Gasteiger partial charge >= 0.3 is 0 Å². The van der Waals surface area contributed by atoms with Gasteiger partial charge < -0.3 is 0 Å². The summed E-state index contributed by atoms with van der Waals surface area (Å²) in [4.78, 5) is 4.41. The van der Waals surface area contributed by atoms with Crippen molar-refractivity contribution < 1.29 is 0 Å². The van der Waals surface area contributed by atoms with E-state index < -0.39 is 0 Å². The molecule has 2 rings (SSSR count). The van der Waals surface area contributed by atoms with Crippen molar-refractivity contribution in [3.05, 3.63) is 48.0 Å². The molecule has 0 fully saturated rings. The van der Waals surface area contributed by atoms with Gasteiger partial charge in [-0.1, -0.05) is 30.9 Å². The van der Waals surface area contributed by atoms with Crippen molar-refractivity contribution >= 4 is 27.6 Å². The average molecular weight is 186 g/mol. The van der Waals surface area contributed by atoms with Crippen LogP contribution in [-0.4, -0.2) is 4.98 Å². The highest BCUT2D eigenvalue weighted by Gasteiger charge is 1.97. The second-order valence-corrected chi connectivity index (χ2v) is 3.63. The Hall–Kier alpha value is -1.41. The van der Waals surface area contributed by atoms with Crippen LogP contribution in [0.2, 0.25) is 0 Å². The summed E-state index contributed by atoms with van der Waals surface area (Å²) in [5.74, 6) is 0. The Kier molecular flexibility index (Phi) is 2.23. The molecule has 0 aliphatic rings. The van der Waals surface area contributed by atoms with Crippen LogP contribution in [0.5, 0.6) is 0 Å². The summed E-state index contributed by atoms with van der Waals surface area (Å²) in [6.07, 6.45) is 5.20. The molecule has 1 heterocycles. The second-order valence-electron chi connectivity index (χ2n) is 2.57. The highest BCUT2D eigenvalue weighted by molar-refractivity contribution is 7.19. The van der Waals surface area contributed by atoms with Crippen molar-refractivity contribution in [3.8, 4) is 0 Å². The maximum Gasteiger partial charge on any atom is 0.117 e. The van der Waals surface area contributed by atoms with Gasteiger partial charge in [-0.25, -0.2) is 4.98 Å². The third-order valence-electron chi connectivity index (χ3n) is 1.66. The predicted octanol–water partition coefficient (Wildman–Crippen LogP) is 3.30. The maximum atomic E-state index is 5.24. The molecule has 2 heteroatoms. The van der Waals surface area contributed by atoms with Gasteiger partial charge in [0.1, 0.15) is 5.01 Å². The van der Waals surface area contributed by atoms with E-state index in [1.54, 1.807) is 17.4 Å². The van der Waals surface area contributed by atoms with E-state index in [1.165, 1.54) is 10.8 Å². The molecule has 1 nitrogen and oxygen atoms in total. The predicted molar refractivity (Wildman–Crippen MR) is 57.5 cm³/mol. The van der Waals surface area contributed by atoms with Gasteiger partial charge in [-0.3, -0.25) is 0 Å². The van der Waals surface area contributed by atoms with Gasteiger partial charge in [-0.05, 0) is 18.2 Å². The molecule has 2 aromatic rings. The van der Waals surface area contributed by atoms with Crippen LogP contribution in [0.25, 0.3) is 16.3 Å². The van der Waals surface area contributed by atoms with Crippen molar-refractivity contribution in [1.29, 1.82) is 0 Å². The van der Waals surface area contributed by atoms with Crippen LogP contribution in [0.4, 0.5) is 0 Å². The Balaban J connectivity index is 2.49. The fourth-order valence-electron chi connectivity index (χ4n) is 1.10. The molecule has 0 atom stereocenters. The van der Waals surface area contributed by atoms with Crippen molar-refractivity contribution in [2.24, 2.45) is 0 Å². The van der Waals surface area contributed by atoms with E-state index in [0.29, 0.717) is 0 Å². The number of benzene rings is 1. The quantitative estimate of drug-likeness (QED) is 0.656. The van der Waals surface area contributed by atoms with Gasteiger partial charge in [-0.15, -0.1) is 11.3 Å². The monoisotopic (exact) mass is 186 g/mol. The molecule has 0 spiro atoms. The fraction of sp³-hybridized carbons (Fsp3) is 0. The number of nitrogens with zero attached hydrogens (tertiary/aromatic N) is 1. The third kappa shape index (κ3) is 1.68. The van der Waals surface area contributed by atoms with Crippen LogP contribution in [0.15, 0.2) is 36.4 Å². The largest absolute Gasteiger partial charge is 0.237 e. The number of allylic oxidation sites excluding steroid dienone is 2.